The summed E-state index contributed by atoms with van der Waals surface area (Å²) in [6.07, 6.45) is 7.00. The molecule has 2 aromatic carbocycles. The predicted octanol–water partition coefficient (Wildman–Crippen LogP) is 4.58. The number of rotatable bonds is 7. The Hall–Kier alpha value is -3.45. The Kier molecular flexibility index (Phi) is 7.26. The maximum Gasteiger partial charge on any atom is 0.246 e. The van der Waals surface area contributed by atoms with Crippen LogP contribution in [0.3, 0.4) is 0 Å². The Morgan fingerprint density at radius 2 is 1.76 bits per heavy atom. The van der Waals surface area contributed by atoms with E-state index in [2.05, 4.69) is 30.5 Å². The van der Waals surface area contributed by atoms with Crippen molar-refractivity contribution < 1.29 is 19.1 Å². The first-order valence-corrected chi connectivity index (χ1v) is 15.1. The van der Waals surface area contributed by atoms with Gasteiger partial charge in [-0.1, -0.05) is 75.2 Å². The van der Waals surface area contributed by atoms with Gasteiger partial charge in [-0.15, -0.1) is 0 Å². The number of hydrogen-bond donors (Lipinski definition) is 2. The second-order valence-corrected chi connectivity index (χ2v) is 12.7. The summed E-state index contributed by atoms with van der Waals surface area (Å²) in [7, 11) is 0. The van der Waals surface area contributed by atoms with Crippen molar-refractivity contribution >= 4 is 23.4 Å². The van der Waals surface area contributed by atoms with Gasteiger partial charge in [0.2, 0.25) is 17.7 Å². The lowest BCUT2D eigenvalue weighted by Crippen LogP contribution is -2.58. The molecular weight excluding hydrogens is 514 g/mol. The molecule has 1 aliphatic carbocycles. The molecule has 2 N–H and O–H groups in total. The third-order valence-corrected chi connectivity index (χ3v) is 9.93. The van der Waals surface area contributed by atoms with Crippen molar-refractivity contribution in [2.75, 3.05) is 11.9 Å². The summed E-state index contributed by atoms with van der Waals surface area (Å²) < 4.78 is 6.53. The number of benzene rings is 2. The van der Waals surface area contributed by atoms with E-state index in [1.807, 2.05) is 68.5 Å². The van der Waals surface area contributed by atoms with E-state index in [0.29, 0.717) is 30.5 Å². The summed E-state index contributed by atoms with van der Waals surface area (Å²) in [5.74, 6) is -1.20. The summed E-state index contributed by atoms with van der Waals surface area (Å²) in [6, 6.07) is 15.1. The highest BCUT2D eigenvalue weighted by molar-refractivity contribution is 6.02. The molecule has 1 spiro atoms. The molecule has 0 aromatic heterocycles. The fourth-order valence-corrected chi connectivity index (χ4v) is 7.72. The highest BCUT2D eigenvalue weighted by atomic mass is 16.5. The van der Waals surface area contributed by atoms with Crippen molar-refractivity contribution in [2.24, 2.45) is 23.7 Å². The van der Waals surface area contributed by atoms with Gasteiger partial charge in [-0.05, 0) is 67.3 Å². The van der Waals surface area contributed by atoms with E-state index in [4.69, 9.17) is 4.74 Å². The number of carbonyl (C=O) groups excluding carboxylic acids is 3. The van der Waals surface area contributed by atoms with Gasteiger partial charge >= 0.3 is 0 Å². The molecule has 6 rings (SSSR count). The van der Waals surface area contributed by atoms with E-state index in [0.717, 1.165) is 36.0 Å². The molecule has 7 heteroatoms. The lowest BCUT2D eigenvalue weighted by molar-refractivity contribution is -0.141. The maximum absolute atomic E-state index is 14.2. The summed E-state index contributed by atoms with van der Waals surface area (Å²) >= 11 is 0. The molecule has 2 saturated heterocycles. The molecule has 3 fully saturated rings. The van der Waals surface area contributed by atoms with Gasteiger partial charge in [-0.2, -0.15) is 0 Å². The molecule has 2 bridgehead atoms. The van der Waals surface area contributed by atoms with Gasteiger partial charge in [-0.3, -0.25) is 14.4 Å². The quantitative estimate of drug-likeness (QED) is 0.490. The van der Waals surface area contributed by atoms with E-state index in [-0.39, 0.29) is 23.8 Å². The average molecular weight is 556 g/mol. The number of fused-ring (bicyclic) bond motifs is 1. The van der Waals surface area contributed by atoms with Gasteiger partial charge in [0.1, 0.15) is 11.6 Å². The number of nitrogens with zero attached hydrogens (tertiary/aromatic N) is 1. The van der Waals surface area contributed by atoms with Crippen LogP contribution < -0.4 is 10.6 Å². The third-order valence-electron chi connectivity index (χ3n) is 9.93. The molecule has 3 amide bonds. The fraction of sp³-hybridized carbons (Fsp3) is 0.500. The summed E-state index contributed by atoms with van der Waals surface area (Å²) in [6.45, 7) is 8.80. The highest BCUT2D eigenvalue weighted by Crippen LogP contribution is 2.55. The number of carbonyl (C=O) groups is 3. The standard InChI is InChI=1S/C34H41N3O4/c1-20-17-21(2)19-25(18-20)35-31(38)28-27-13-15-34(41-27)29(28)33(40)37(16-14-24-10-6-5-7-11-24)30(34)32(39)36-26-12-8-9-22(3)23(26)4/h5-7,10-11,13,15,17-19,22-23,26-30H,8-9,12,14,16H2,1-4H3,(H,35,38)(H,36,39). The largest absolute Gasteiger partial charge is 0.359 e. The normalized spacial score (nSPS) is 33.6. The van der Waals surface area contributed by atoms with Crippen LogP contribution in [0.2, 0.25) is 0 Å². The zero-order chi connectivity index (χ0) is 28.9. The molecule has 41 heavy (non-hydrogen) atoms. The van der Waals surface area contributed by atoms with E-state index >= 15 is 0 Å². The van der Waals surface area contributed by atoms with Gasteiger partial charge in [0.15, 0.2) is 0 Å². The first-order valence-electron chi connectivity index (χ1n) is 15.1. The second-order valence-electron chi connectivity index (χ2n) is 12.7. The lowest BCUT2D eigenvalue weighted by atomic mass is 9.73. The Balaban J connectivity index is 1.30. The molecule has 3 heterocycles. The molecule has 4 aliphatic rings. The first kappa shape index (κ1) is 27.7. The second kappa shape index (κ2) is 10.8. The van der Waals surface area contributed by atoms with Gasteiger partial charge in [0.05, 0.1) is 17.9 Å². The van der Waals surface area contributed by atoms with Gasteiger partial charge in [-0.25, -0.2) is 0 Å². The minimum atomic E-state index is -1.16. The molecule has 8 unspecified atom stereocenters. The number of aryl methyl sites for hydroxylation is 2. The van der Waals surface area contributed by atoms with Crippen LogP contribution in [0.1, 0.15) is 49.8 Å². The molecule has 7 nitrogen and oxygen atoms in total. The molecule has 1 saturated carbocycles. The van der Waals surface area contributed by atoms with Crippen molar-refractivity contribution in [3.05, 3.63) is 77.4 Å². The minimum Gasteiger partial charge on any atom is -0.359 e. The number of nitrogens with one attached hydrogen (secondary N) is 2. The number of ether oxygens (including phenoxy) is 1. The van der Waals surface area contributed by atoms with Crippen LogP contribution in [0.4, 0.5) is 5.69 Å². The van der Waals surface area contributed by atoms with Crippen LogP contribution in [-0.4, -0.2) is 53.0 Å². The zero-order valence-electron chi connectivity index (χ0n) is 24.4. The minimum absolute atomic E-state index is 0.0546. The predicted molar refractivity (Wildman–Crippen MR) is 158 cm³/mol. The molecule has 216 valence electrons. The smallest absolute Gasteiger partial charge is 0.246 e. The van der Waals surface area contributed by atoms with E-state index in [1.54, 1.807) is 4.90 Å². The van der Waals surface area contributed by atoms with E-state index < -0.39 is 29.6 Å². The Morgan fingerprint density at radius 1 is 1.02 bits per heavy atom. The van der Waals surface area contributed by atoms with E-state index in [9.17, 15) is 14.4 Å². The Labute approximate surface area is 242 Å². The zero-order valence-corrected chi connectivity index (χ0v) is 24.4. The van der Waals surface area contributed by atoms with Crippen LogP contribution in [0.15, 0.2) is 60.7 Å². The first-order chi connectivity index (χ1) is 19.7. The van der Waals surface area contributed by atoms with E-state index in [1.165, 1.54) is 0 Å². The van der Waals surface area contributed by atoms with Gasteiger partial charge in [0, 0.05) is 18.3 Å². The molecule has 8 atom stereocenters. The Bertz CT molecular complexity index is 1350. The number of likely N-dealkylation sites (tertiary alicyclic amines) is 1. The molecule has 0 radical (unpaired) electrons. The summed E-state index contributed by atoms with van der Waals surface area (Å²) in [4.78, 5) is 43.9. The average Bonchev–Trinajstić information content (AvgIpc) is 3.57. The fourth-order valence-electron chi connectivity index (χ4n) is 7.72. The van der Waals surface area contributed by atoms with Crippen molar-refractivity contribution in [3.63, 3.8) is 0 Å². The van der Waals surface area contributed by atoms with Crippen molar-refractivity contribution in [2.45, 2.75) is 77.2 Å². The monoisotopic (exact) mass is 555 g/mol. The maximum atomic E-state index is 14.2. The topological polar surface area (TPSA) is 87.7 Å². The van der Waals surface area contributed by atoms with Crippen molar-refractivity contribution in [3.8, 4) is 0 Å². The number of hydrogen-bond acceptors (Lipinski definition) is 4. The van der Waals surface area contributed by atoms with Crippen LogP contribution in [0.25, 0.3) is 0 Å². The van der Waals surface area contributed by atoms with Gasteiger partial charge < -0.3 is 20.3 Å². The third kappa shape index (κ3) is 4.88. The summed E-state index contributed by atoms with van der Waals surface area (Å²) in [5.41, 5.74) is 2.74. The van der Waals surface area contributed by atoms with Crippen LogP contribution in [0.5, 0.6) is 0 Å². The van der Waals surface area contributed by atoms with Crippen molar-refractivity contribution in [1.29, 1.82) is 0 Å². The Morgan fingerprint density at radius 3 is 2.49 bits per heavy atom. The van der Waals surface area contributed by atoms with Crippen molar-refractivity contribution in [1.82, 2.24) is 10.2 Å². The SMILES string of the molecule is Cc1cc(C)cc(NC(=O)C2C3C=CC4(O3)C2C(=O)N(CCc2ccccc2)C4C(=O)NC2CCCC(C)C2C)c1. The van der Waals surface area contributed by atoms with Crippen LogP contribution >= 0.6 is 0 Å². The molecule has 3 aliphatic heterocycles. The highest BCUT2D eigenvalue weighted by Gasteiger charge is 2.72. The molecule has 2 aromatic rings. The molecular formula is C34H41N3O4. The van der Waals surface area contributed by atoms with Gasteiger partial charge in [0.25, 0.3) is 0 Å². The summed E-state index contributed by atoms with van der Waals surface area (Å²) in [5, 5.41) is 6.38. The number of anilines is 1. The number of amides is 3. The van der Waals surface area contributed by atoms with Crippen LogP contribution in [-0.2, 0) is 25.5 Å². The lowest BCUT2D eigenvalue weighted by Gasteiger charge is -2.38. The van der Waals surface area contributed by atoms with Crippen LogP contribution in [0, 0.1) is 37.5 Å².